The Balaban J connectivity index is 0.00000512. The van der Waals surface area contributed by atoms with Crippen molar-refractivity contribution < 1.29 is 68.0 Å². The van der Waals surface area contributed by atoms with Gasteiger partial charge in [0.15, 0.2) is 16.9 Å². The Morgan fingerprint density at radius 3 is 2.56 bits per heavy atom. The molecule has 2 unspecified atom stereocenters. The van der Waals surface area contributed by atoms with Crippen LogP contribution >= 0.6 is 22.9 Å². The van der Waals surface area contributed by atoms with Crippen molar-refractivity contribution >= 4 is 67.7 Å². The number of amides is 4. The van der Waals surface area contributed by atoms with Crippen LogP contribution in [-0.2, 0) is 34.3 Å². The largest absolute Gasteiger partial charge is 1.00 e. The van der Waals surface area contributed by atoms with E-state index in [1.54, 1.807) is 0 Å². The number of anilines is 1. The summed E-state index contributed by atoms with van der Waals surface area (Å²) in [5, 5.41) is 9.57. The summed E-state index contributed by atoms with van der Waals surface area (Å²) in [5.74, 6) is -3.95. The number of thiazole rings is 1. The van der Waals surface area contributed by atoms with Crippen molar-refractivity contribution in [3.8, 4) is 0 Å². The predicted molar refractivity (Wildman–Crippen MR) is 109 cm³/mol. The fourth-order valence-electron chi connectivity index (χ4n) is 2.47. The first-order valence-corrected chi connectivity index (χ1v) is 11.0. The van der Waals surface area contributed by atoms with Gasteiger partial charge in [-0.25, -0.2) is 4.98 Å². The van der Waals surface area contributed by atoms with Crippen LogP contribution in [0, 0.1) is 0 Å². The van der Waals surface area contributed by atoms with E-state index in [9.17, 15) is 32.1 Å². The Labute approximate surface area is 214 Å². The zero-order valence-corrected chi connectivity index (χ0v) is 21.6. The Morgan fingerprint density at radius 2 is 2.06 bits per heavy atom. The molecule has 2 rings (SSSR count). The number of carbonyl (C=O) groups excluding carboxylic acids is 4. The van der Waals surface area contributed by atoms with E-state index in [1.165, 1.54) is 19.5 Å². The fourth-order valence-corrected chi connectivity index (χ4v) is 4.08. The third kappa shape index (κ3) is 6.15. The number of oxime groups is 1. The zero-order valence-electron chi connectivity index (χ0n) is 18.2. The van der Waals surface area contributed by atoms with Gasteiger partial charge in [0.1, 0.15) is 24.7 Å². The molecule has 0 saturated carbocycles. The molecule has 2 heterocycles. The minimum Gasteiger partial charge on any atom is -1.00 e. The molecule has 18 heteroatoms. The van der Waals surface area contributed by atoms with Gasteiger partial charge in [-0.2, -0.15) is 12.7 Å². The van der Waals surface area contributed by atoms with E-state index in [4.69, 9.17) is 11.6 Å². The SMILES string of the molecule is CO/N=C(\C(=O)NC1C(=O)N(S(=O)(=O)O)C1C(=O)N(C)C)c1csc(NC(=O)CCl)n1.[H-].[Na+]. The number of carbonyl (C=O) groups is 4. The maximum Gasteiger partial charge on any atom is 1.00 e. The zero-order chi connectivity index (χ0) is 23.5. The molecule has 1 saturated heterocycles. The monoisotopic (exact) mass is 520 g/mol. The summed E-state index contributed by atoms with van der Waals surface area (Å²) >= 11 is 6.35. The smallest absolute Gasteiger partial charge is 1.00 e. The fraction of sp³-hybridized carbons (Fsp3) is 0.429. The van der Waals surface area contributed by atoms with Crippen LogP contribution in [0.1, 0.15) is 7.12 Å². The molecular formula is C14H18ClN6NaO8S2. The van der Waals surface area contributed by atoms with Gasteiger partial charge in [0.25, 0.3) is 11.8 Å². The summed E-state index contributed by atoms with van der Waals surface area (Å²) in [6.07, 6.45) is 0. The molecular weight excluding hydrogens is 503 g/mol. The summed E-state index contributed by atoms with van der Waals surface area (Å²) < 4.78 is 32.1. The summed E-state index contributed by atoms with van der Waals surface area (Å²) in [6, 6.07) is -3.29. The maximum atomic E-state index is 12.7. The molecule has 0 aromatic carbocycles. The molecule has 1 aliphatic rings. The summed E-state index contributed by atoms with van der Waals surface area (Å²) in [7, 11) is -1.29. The third-order valence-electron chi connectivity index (χ3n) is 3.79. The minimum absolute atomic E-state index is 0. The van der Waals surface area contributed by atoms with Gasteiger partial charge in [-0.3, -0.25) is 23.7 Å². The van der Waals surface area contributed by atoms with Gasteiger partial charge in [0.2, 0.25) is 11.8 Å². The molecule has 14 nitrogen and oxygen atoms in total. The summed E-state index contributed by atoms with van der Waals surface area (Å²) in [5.41, 5.74) is -0.456. The van der Waals surface area contributed by atoms with Crippen molar-refractivity contribution in [2.45, 2.75) is 12.1 Å². The van der Waals surface area contributed by atoms with E-state index < -0.39 is 51.7 Å². The van der Waals surface area contributed by atoms with Gasteiger partial charge < -0.3 is 21.8 Å². The molecule has 32 heavy (non-hydrogen) atoms. The van der Waals surface area contributed by atoms with Gasteiger partial charge in [-0.05, 0) is 0 Å². The van der Waals surface area contributed by atoms with Crippen LogP contribution in [-0.4, -0.2) is 95.7 Å². The van der Waals surface area contributed by atoms with Crippen molar-refractivity contribution in [3.05, 3.63) is 11.1 Å². The topological polar surface area (TPSA) is 188 Å². The molecule has 1 aromatic rings. The average molecular weight is 521 g/mol. The number of hydrogen-bond acceptors (Lipinski definition) is 10. The van der Waals surface area contributed by atoms with Crippen LogP contribution in [0.4, 0.5) is 5.13 Å². The molecule has 2 atom stereocenters. The third-order valence-corrected chi connectivity index (χ3v) is 5.70. The van der Waals surface area contributed by atoms with Crippen molar-refractivity contribution in [3.63, 3.8) is 0 Å². The average Bonchev–Trinajstić information content (AvgIpc) is 3.13. The number of nitrogens with zero attached hydrogens (tertiary/aromatic N) is 4. The molecule has 0 radical (unpaired) electrons. The normalized spacial score (nSPS) is 18.2. The number of likely N-dealkylation sites (N-methyl/N-ethyl adjacent to an activating group) is 1. The van der Waals surface area contributed by atoms with E-state index >= 15 is 0 Å². The first-order valence-electron chi connectivity index (χ1n) is 8.18. The number of rotatable bonds is 8. The van der Waals surface area contributed by atoms with Gasteiger partial charge >= 0.3 is 39.9 Å². The number of aromatic nitrogens is 1. The van der Waals surface area contributed by atoms with Gasteiger partial charge in [0, 0.05) is 19.5 Å². The number of β-lactam (4-membered cyclic amide) rings is 1. The molecule has 0 spiro atoms. The van der Waals surface area contributed by atoms with Crippen LogP contribution in [0.2, 0.25) is 0 Å². The van der Waals surface area contributed by atoms with Gasteiger partial charge in [-0.15, -0.1) is 22.9 Å². The van der Waals surface area contributed by atoms with Crippen molar-refractivity contribution in [2.75, 3.05) is 32.4 Å². The molecule has 4 amide bonds. The van der Waals surface area contributed by atoms with Crippen LogP contribution in [0.5, 0.6) is 0 Å². The standard InChI is InChI=1S/C14H17ClN6O8S2.Na.H/c1-20(2)13(25)10-9(12(24)21(10)31(26,27)28)18-11(23)8(19-29-3)6-5-30-14(16-6)17-7(22)4-15;;/h5,9-10H,4H2,1-3H3,(H,18,23)(H,16,17,22)(H,26,27,28);;/q;+1;-1/b19-8-;;. The molecule has 0 bridgehead atoms. The summed E-state index contributed by atoms with van der Waals surface area (Å²) in [6.45, 7) is 0. The van der Waals surface area contributed by atoms with Crippen molar-refractivity contribution in [1.82, 2.24) is 19.5 Å². The maximum absolute atomic E-state index is 12.7. The van der Waals surface area contributed by atoms with Crippen LogP contribution in [0.3, 0.4) is 0 Å². The quantitative estimate of drug-likeness (QED) is 0.0756. The van der Waals surface area contributed by atoms with Crippen LogP contribution < -0.4 is 40.2 Å². The van der Waals surface area contributed by atoms with Crippen molar-refractivity contribution in [2.24, 2.45) is 5.16 Å². The van der Waals surface area contributed by atoms with E-state index in [0.717, 1.165) is 23.3 Å². The first-order chi connectivity index (χ1) is 14.4. The molecule has 1 aliphatic heterocycles. The number of halogens is 1. The van der Waals surface area contributed by atoms with E-state index in [2.05, 4.69) is 25.6 Å². The predicted octanol–water partition coefficient (Wildman–Crippen LogP) is -4.63. The Morgan fingerprint density at radius 1 is 1.44 bits per heavy atom. The Hall–Kier alpha value is -1.82. The Bertz CT molecular complexity index is 1050. The minimum atomic E-state index is -5.04. The molecule has 1 fully saturated rings. The van der Waals surface area contributed by atoms with Gasteiger partial charge in [0.05, 0.1) is 0 Å². The second kappa shape index (κ2) is 11.4. The number of nitrogens with one attached hydrogen (secondary N) is 2. The number of alkyl halides is 1. The van der Waals surface area contributed by atoms with Gasteiger partial charge in [-0.1, -0.05) is 5.16 Å². The number of hydrogen-bond donors (Lipinski definition) is 3. The van der Waals surface area contributed by atoms with E-state index in [-0.39, 0.29) is 52.0 Å². The molecule has 3 N–H and O–H groups in total. The molecule has 172 valence electrons. The molecule has 1 aromatic heterocycles. The Kier molecular flexibility index (Phi) is 10.0. The summed E-state index contributed by atoms with van der Waals surface area (Å²) in [4.78, 5) is 58.2. The first kappa shape index (κ1) is 28.2. The van der Waals surface area contributed by atoms with E-state index in [1.807, 2.05) is 0 Å². The second-order valence-electron chi connectivity index (χ2n) is 6.08. The van der Waals surface area contributed by atoms with Crippen LogP contribution in [0.15, 0.2) is 10.5 Å². The molecule has 0 aliphatic carbocycles. The van der Waals surface area contributed by atoms with E-state index in [0.29, 0.717) is 0 Å². The van der Waals surface area contributed by atoms with Crippen molar-refractivity contribution in [1.29, 1.82) is 0 Å². The van der Waals surface area contributed by atoms with Crippen LogP contribution in [0.25, 0.3) is 0 Å². The second-order valence-corrected chi connectivity index (χ2v) is 8.50.